The van der Waals surface area contributed by atoms with Crippen molar-refractivity contribution < 1.29 is 0 Å². The Labute approximate surface area is 254 Å². The maximum absolute atomic E-state index is 4.40. The Morgan fingerprint density at radius 1 is 0.318 bits per heavy atom. The number of benzene rings is 8. The van der Waals surface area contributed by atoms with E-state index >= 15 is 0 Å². The first-order chi connectivity index (χ1) is 21.8. The number of rotatable bonds is 3. The van der Waals surface area contributed by atoms with Crippen molar-refractivity contribution in [3.05, 3.63) is 158 Å². The lowest BCUT2D eigenvalue weighted by molar-refractivity contribution is 1.17. The summed E-state index contributed by atoms with van der Waals surface area (Å²) in [4.78, 5) is 8.80. The highest BCUT2D eigenvalue weighted by atomic mass is 14.8. The number of nitrogens with zero attached hydrogens (tertiary/aromatic N) is 2. The van der Waals surface area contributed by atoms with Crippen molar-refractivity contribution in [3.8, 4) is 33.4 Å². The van der Waals surface area contributed by atoms with Gasteiger partial charge in [-0.25, -0.2) is 9.97 Å². The highest BCUT2D eigenvalue weighted by Gasteiger charge is 2.19. The molecule has 0 fully saturated rings. The lowest BCUT2D eigenvalue weighted by atomic mass is 9.83. The summed E-state index contributed by atoms with van der Waals surface area (Å²) >= 11 is 0. The second-order valence-electron chi connectivity index (χ2n) is 11.4. The summed E-state index contributed by atoms with van der Waals surface area (Å²) in [6.07, 6.45) is 5.44. The Kier molecular flexibility index (Phi) is 5.54. The summed E-state index contributed by atoms with van der Waals surface area (Å²) in [6, 6.07) is 51.0. The summed E-state index contributed by atoms with van der Waals surface area (Å²) < 4.78 is 0. The van der Waals surface area contributed by atoms with Crippen LogP contribution in [0.3, 0.4) is 0 Å². The van der Waals surface area contributed by atoms with Gasteiger partial charge in [-0.15, -0.1) is 0 Å². The molecular formula is C42H26N2. The quantitative estimate of drug-likeness (QED) is 0.159. The SMILES string of the molecule is c1ccc(-c2ccc3c(-c4cncnc4)c4ccccc4c(-c4cccc5c4ccc4cc6ccccc6cc45)c3c2)cc1. The van der Waals surface area contributed by atoms with Crippen LogP contribution in [-0.4, -0.2) is 9.97 Å². The van der Waals surface area contributed by atoms with Gasteiger partial charge < -0.3 is 0 Å². The first kappa shape index (κ1) is 24.7. The van der Waals surface area contributed by atoms with Crippen molar-refractivity contribution in [2.45, 2.75) is 0 Å². The number of aromatic nitrogens is 2. The second-order valence-corrected chi connectivity index (χ2v) is 11.4. The van der Waals surface area contributed by atoms with Crippen LogP contribution >= 0.6 is 0 Å². The first-order valence-electron chi connectivity index (χ1n) is 15.0. The van der Waals surface area contributed by atoms with Gasteiger partial charge in [-0.3, -0.25) is 0 Å². The fraction of sp³-hybridized carbons (Fsp3) is 0. The molecule has 0 spiro atoms. The molecule has 0 amide bonds. The number of hydrogen-bond donors (Lipinski definition) is 0. The molecule has 1 heterocycles. The molecule has 0 bridgehead atoms. The molecule has 9 aromatic rings. The van der Waals surface area contributed by atoms with Crippen molar-refractivity contribution >= 4 is 53.9 Å². The Morgan fingerprint density at radius 2 is 0.977 bits per heavy atom. The van der Waals surface area contributed by atoms with Gasteiger partial charge in [0.05, 0.1) is 0 Å². The molecule has 0 unspecified atom stereocenters. The van der Waals surface area contributed by atoms with Gasteiger partial charge in [0.2, 0.25) is 0 Å². The zero-order valence-corrected chi connectivity index (χ0v) is 23.9. The van der Waals surface area contributed by atoms with Crippen LogP contribution in [0.15, 0.2) is 158 Å². The van der Waals surface area contributed by atoms with Crippen LogP contribution in [0.2, 0.25) is 0 Å². The predicted molar refractivity (Wildman–Crippen MR) is 186 cm³/mol. The zero-order chi connectivity index (χ0) is 29.0. The molecule has 0 N–H and O–H groups in total. The average molecular weight is 559 g/mol. The maximum Gasteiger partial charge on any atom is 0.115 e. The molecule has 2 heteroatoms. The Bertz CT molecular complexity index is 2530. The van der Waals surface area contributed by atoms with E-state index in [9.17, 15) is 0 Å². The molecule has 0 saturated carbocycles. The predicted octanol–water partition coefficient (Wildman–Crippen LogP) is 11.2. The van der Waals surface area contributed by atoms with Crippen LogP contribution < -0.4 is 0 Å². The molecule has 0 aliphatic carbocycles. The van der Waals surface area contributed by atoms with Gasteiger partial charge in [0.25, 0.3) is 0 Å². The van der Waals surface area contributed by atoms with Crippen LogP contribution in [0.1, 0.15) is 0 Å². The first-order valence-corrected chi connectivity index (χ1v) is 15.0. The highest BCUT2D eigenvalue weighted by Crippen LogP contribution is 2.46. The molecule has 9 rings (SSSR count). The summed E-state index contributed by atoms with van der Waals surface area (Å²) in [5, 5.41) is 12.4. The van der Waals surface area contributed by atoms with Crippen molar-refractivity contribution in [1.29, 1.82) is 0 Å². The highest BCUT2D eigenvalue weighted by molar-refractivity contribution is 6.25. The van der Waals surface area contributed by atoms with Gasteiger partial charge in [-0.05, 0) is 94.3 Å². The maximum atomic E-state index is 4.40. The van der Waals surface area contributed by atoms with Crippen LogP contribution in [0.25, 0.3) is 87.2 Å². The normalized spacial score (nSPS) is 11.6. The minimum atomic E-state index is 1.02. The second kappa shape index (κ2) is 9.86. The fourth-order valence-electron chi connectivity index (χ4n) is 7.02. The van der Waals surface area contributed by atoms with Crippen molar-refractivity contribution in [3.63, 3.8) is 0 Å². The van der Waals surface area contributed by atoms with Crippen molar-refractivity contribution in [2.24, 2.45) is 0 Å². The molecule has 204 valence electrons. The molecule has 0 aliphatic rings. The lowest BCUT2D eigenvalue weighted by Gasteiger charge is -2.20. The zero-order valence-electron chi connectivity index (χ0n) is 23.9. The van der Waals surface area contributed by atoms with Crippen LogP contribution in [0.4, 0.5) is 0 Å². The van der Waals surface area contributed by atoms with E-state index in [4.69, 9.17) is 0 Å². The van der Waals surface area contributed by atoms with Crippen LogP contribution in [0.5, 0.6) is 0 Å². The monoisotopic (exact) mass is 558 g/mol. The topological polar surface area (TPSA) is 25.8 Å². The van der Waals surface area contributed by atoms with E-state index in [1.54, 1.807) is 6.33 Å². The number of hydrogen-bond acceptors (Lipinski definition) is 2. The van der Waals surface area contributed by atoms with Crippen LogP contribution in [0, 0.1) is 0 Å². The van der Waals surface area contributed by atoms with Gasteiger partial charge in [-0.2, -0.15) is 0 Å². The van der Waals surface area contributed by atoms with Gasteiger partial charge >= 0.3 is 0 Å². The van der Waals surface area contributed by atoms with Crippen molar-refractivity contribution in [2.75, 3.05) is 0 Å². The standard InChI is InChI=1S/C42H26N2/c1-2-9-27(10-3-1)30-17-20-38-40(23-30)42(37-14-7-6-13-36(37)41(38)32-24-43-26-44-25-32)35-16-8-15-33-34(35)19-18-31-21-28-11-4-5-12-29(28)22-39(31)33/h1-26H. The van der Waals surface area contributed by atoms with E-state index < -0.39 is 0 Å². The largest absolute Gasteiger partial charge is 0.244 e. The molecule has 0 atom stereocenters. The average Bonchev–Trinajstić information content (AvgIpc) is 3.10. The van der Waals surface area contributed by atoms with E-state index in [0.717, 1.165) is 11.1 Å². The summed E-state index contributed by atoms with van der Waals surface area (Å²) in [5.41, 5.74) is 7.07. The van der Waals surface area contributed by atoms with Crippen molar-refractivity contribution in [1.82, 2.24) is 9.97 Å². The lowest BCUT2D eigenvalue weighted by Crippen LogP contribution is -1.93. The van der Waals surface area contributed by atoms with Crippen LogP contribution in [-0.2, 0) is 0 Å². The third-order valence-corrected chi connectivity index (χ3v) is 8.99. The molecular weight excluding hydrogens is 532 g/mol. The Morgan fingerprint density at radius 3 is 1.80 bits per heavy atom. The molecule has 0 radical (unpaired) electrons. The van der Waals surface area contributed by atoms with Gasteiger partial charge in [0.15, 0.2) is 0 Å². The van der Waals surface area contributed by atoms with E-state index in [1.807, 2.05) is 12.4 Å². The van der Waals surface area contributed by atoms with E-state index in [1.165, 1.54) is 76.1 Å². The molecule has 0 saturated heterocycles. The Balaban J connectivity index is 1.44. The third kappa shape index (κ3) is 3.82. The Hall–Kier alpha value is -5.86. The van der Waals surface area contributed by atoms with E-state index in [-0.39, 0.29) is 0 Å². The summed E-state index contributed by atoms with van der Waals surface area (Å²) in [5.74, 6) is 0. The fourth-order valence-corrected chi connectivity index (χ4v) is 7.02. The smallest absolute Gasteiger partial charge is 0.115 e. The minimum Gasteiger partial charge on any atom is -0.244 e. The molecule has 44 heavy (non-hydrogen) atoms. The van der Waals surface area contributed by atoms with Gasteiger partial charge in [0, 0.05) is 23.5 Å². The third-order valence-electron chi connectivity index (χ3n) is 8.99. The number of fused-ring (bicyclic) bond motifs is 6. The minimum absolute atomic E-state index is 1.02. The molecule has 1 aromatic heterocycles. The van der Waals surface area contributed by atoms with E-state index in [2.05, 4.69) is 149 Å². The van der Waals surface area contributed by atoms with Gasteiger partial charge in [-0.1, -0.05) is 121 Å². The molecule has 0 aliphatic heterocycles. The molecule has 8 aromatic carbocycles. The summed E-state index contributed by atoms with van der Waals surface area (Å²) in [6.45, 7) is 0. The van der Waals surface area contributed by atoms with Gasteiger partial charge in [0.1, 0.15) is 6.33 Å². The summed E-state index contributed by atoms with van der Waals surface area (Å²) in [7, 11) is 0. The molecule has 2 nitrogen and oxygen atoms in total. The van der Waals surface area contributed by atoms with E-state index in [0.29, 0.717) is 0 Å².